The lowest BCUT2D eigenvalue weighted by molar-refractivity contribution is -0.131. The predicted molar refractivity (Wildman–Crippen MR) is 93.7 cm³/mol. The van der Waals surface area contributed by atoms with Crippen LogP contribution in [0.2, 0.25) is 0 Å². The number of para-hydroxylation sites is 1. The third kappa shape index (κ3) is 4.35. The Kier molecular flexibility index (Phi) is 5.80. The molecule has 0 aromatic heterocycles. The second-order valence-corrected chi connectivity index (χ2v) is 5.91. The summed E-state index contributed by atoms with van der Waals surface area (Å²) in [6.45, 7) is 4.10. The molecule has 1 atom stereocenters. The summed E-state index contributed by atoms with van der Waals surface area (Å²) in [7, 11) is 3.51. The average Bonchev–Trinajstić information content (AvgIpc) is 2.58. The molecule has 0 aliphatic rings. The van der Waals surface area contributed by atoms with Crippen LogP contribution in [0.4, 0.5) is 0 Å². The molecule has 122 valence electrons. The molecule has 3 heteroatoms. The molecule has 0 N–H and O–H groups in total. The zero-order valence-corrected chi connectivity index (χ0v) is 14.4. The third-order valence-corrected chi connectivity index (χ3v) is 4.27. The minimum absolute atomic E-state index is 0.0174. The van der Waals surface area contributed by atoms with Gasteiger partial charge in [0.1, 0.15) is 5.75 Å². The number of amides is 1. The van der Waals surface area contributed by atoms with Crippen molar-refractivity contribution in [2.24, 2.45) is 0 Å². The Hall–Kier alpha value is -2.29. The molecule has 23 heavy (non-hydrogen) atoms. The quantitative estimate of drug-likeness (QED) is 0.802. The standard InChI is InChI=1S/C20H25NO2/c1-15-8-7-9-17(14-15)12-13-20(22)21(3)16(2)18-10-5-6-11-19(18)23-4/h5-11,14,16H,12-13H2,1-4H3. The topological polar surface area (TPSA) is 29.5 Å². The van der Waals surface area contributed by atoms with Crippen LogP contribution in [0.3, 0.4) is 0 Å². The molecule has 0 saturated heterocycles. The van der Waals surface area contributed by atoms with Gasteiger partial charge in [-0.1, -0.05) is 48.0 Å². The van der Waals surface area contributed by atoms with Crippen LogP contribution in [-0.2, 0) is 11.2 Å². The molecule has 2 aromatic carbocycles. The molecule has 0 saturated carbocycles. The first-order valence-corrected chi connectivity index (χ1v) is 7.97. The van der Waals surface area contributed by atoms with Crippen LogP contribution in [0.5, 0.6) is 5.75 Å². The van der Waals surface area contributed by atoms with Gasteiger partial charge in [-0.15, -0.1) is 0 Å². The van der Waals surface area contributed by atoms with Crippen molar-refractivity contribution < 1.29 is 9.53 Å². The van der Waals surface area contributed by atoms with Crippen LogP contribution in [0.1, 0.15) is 36.1 Å². The van der Waals surface area contributed by atoms with Crippen molar-refractivity contribution in [3.63, 3.8) is 0 Å². The molecule has 0 heterocycles. The van der Waals surface area contributed by atoms with Gasteiger partial charge in [-0.3, -0.25) is 4.79 Å². The van der Waals surface area contributed by atoms with Gasteiger partial charge in [0.15, 0.2) is 0 Å². The smallest absolute Gasteiger partial charge is 0.223 e. The molecule has 0 bridgehead atoms. The van der Waals surface area contributed by atoms with Crippen molar-refractivity contribution in [2.45, 2.75) is 32.7 Å². The van der Waals surface area contributed by atoms with Crippen LogP contribution >= 0.6 is 0 Å². The summed E-state index contributed by atoms with van der Waals surface area (Å²) in [5.74, 6) is 0.961. The van der Waals surface area contributed by atoms with E-state index in [2.05, 4.69) is 25.1 Å². The molecule has 3 nitrogen and oxygen atoms in total. The second-order valence-electron chi connectivity index (χ2n) is 5.91. The second kappa shape index (κ2) is 7.82. The maximum absolute atomic E-state index is 12.5. The van der Waals surface area contributed by atoms with Gasteiger partial charge >= 0.3 is 0 Å². The monoisotopic (exact) mass is 311 g/mol. The fourth-order valence-corrected chi connectivity index (χ4v) is 2.73. The Bertz CT molecular complexity index is 666. The molecule has 1 amide bonds. The molecule has 0 aliphatic heterocycles. The number of ether oxygens (including phenoxy) is 1. The predicted octanol–water partition coefficient (Wildman–Crippen LogP) is 4.16. The van der Waals surface area contributed by atoms with Gasteiger partial charge in [-0.05, 0) is 31.9 Å². The summed E-state index contributed by atoms with van der Waals surface area (Å²) in [6, 6.07) is 16.1. The highest BCUT2D eigenvalue weighted by molar-refractivity contribution is 5.76. The molecule has 1 unspecified atom stereocenters. The normalized spacial score (nSPS) is 11.8. The summed E-state index contributed by atoms with van der Waals surface area (Å²) in [4.78, 5) is 14.3. The molecule has 0 radical (unpaired) electrons. The lowest BCUT2D eigenvalue weighted by Crippen LogP contribution is -2.30. The van der Waals surface area contributed by atoms with Crippen LogP contribution in [0.25, 0.3) is 0 Å². The van der Waals surface area contributed by atoms with Crippen LogP contribution in [0.15, 0.2) is 48.5 Å². The van der Waals surface area contributed by atoms with Crippen molar-refractivity contribution in [3.8, 4) is 5.75 Å². The Labute approximate surface area is 138 Å². The van der Waals surface area contributed by atoms with E-state index in [-0.39, 0.29) is 11.9 Å². The average molecular weight is 311 g/mol. The zero-order chi connectivity index (χ0) is 16.8. The number of rotatable bonds is 6. The number of nitrogens with zero attached hydrogens (tertiary/aromatic N) is 1. The molecule has 0 fully saturated rings. The number of hydrogen-bond acceptors (Lipinski definition) is 2. The first-order valence-electron chi connectivity index (χ1n) is 7.97. The van der Waals surface area contributed by atoms with E-state index < -0.39 is 0 Å². The van der Waals surface area contributed by atoms with Gasteiger partial charge in [0.2, 0.25) is 5.91 Å². The SMILES string of the molecule is COc1ccccc1C(C)N(C)C(=O)CCc1cccc(C)c1. The summed E-state index contributed by atoms with van der Waals surface area (Å²) >= 11 is 0. The van der Waals surface area contributed by atoms with Crippen molar-refractivity contribution in [2.75, 3.05) is 14.2 Å². The molecule has 2 aromatic rings. The van der Waals surface area contributed by atoms with E-state index in [9.17, 15) is 4.79 Å². The first kappa shape index (κ1) is 17.1. The highest BCUT2D eigenvalue weighted by atomic mass is 16.5. The maximum atomic E-state index is 12.5. The summed E-state index contributed by atoms with van der Waals surface area (Å²) in [5, 5.41) is 0. The fraction of sp³-hybridized carbons (Fsp3) is 0.350. The van der Waals surface area contributed by atoms with Crippen molar-refractivity contribution in [3.05, 3.63) is 65.2 Å². The number of aryl methyl sites for hydroxylation is 2. The van der Waals surface area contributed by atoms with E-state index in [0.29, 0.717) is 6.42 Å². The third-order valence-electron chi connectivity index (χ3n) is 4.27. The minimum Gasteiger partial charge on any atom is -0.496 e. The molecule has 0 spiro atoms. The fourth-order valence-electron chi connectivity index (χ4n) is 2.73. The van der Waals surface area contributed by atoms with Crippen LogP contribution in [0, 0.1) is 6.92 Å². The number of carbonyl (C=O) groups excluding carboxylic acids is 1. The zero-order valence-electron chi connectivity index (χ0n) is 14.4. The first-order chi connectivity index (χ1) is 11.0. The highest BCUT2D eigenvalue weighted by Gasteiger charge is 2.19. The van der Waals surface area contributed by atoms with Crippen LogP contribution in [-0.4, -0.2) is 25.0 Å². The largest absolute Gasteiger partial charge is 0.496 e. The van der Waals surface area contributed by atoms with E-state index in [1.165, 1.54) is 11.1 Å². The summed E-state index contributed by atoms with van der Waals surface area (Å²) < 4.78 is 5.40. The van der Waals surface area contributed by atoms with Gasteiger partial charge in [-0.2, -0.15) is 0 Å². The van der Waals surface area contributed by atoms with Gasteiger partial charge in [-0.25, -0.2) is 0 Å². The van der Waals surface area contributed by atoms with Crippen molar-refractivity contribution in [1.82, 2.24) is 4.90 Å². The van der Waals surface area contributed by atoms with Gasteiger partial charge in [0, 0.05) is 19.0 Å². The van der Waals surface area contributed by atoms with E-state index >= 15 is 0 Å². The Morgan fingerprint density at radius 2 is 1.91 bits per heavy atom. The maximum Gasteiger partial charge on any atom is 0.223 e. The van der Waals surface area contributed by atoms with E-state index in [1.807, 2.05) is 44.3 Å². The van der Waals surface area contributed by atoms with Gasteiger partial charge in [0.05, 0.1) is 13.2 Å². The van der Waals surface area contributed by atoms with E-state index in [4.69, 9.17) is 4.74 Å². The summed E-state index contributed by atoms with van der Waals surface area (Å²) in [6.07, 6.45) is 1.28. The Morgan fingerprint density at radius 1 is 1.17 bits per heavy atom. The number of hydrogen-bond donors (Lipinski definition) is 0. The van der Waals surface area contributed by atoms with Crippen molar-refractivity contribution in [1.29, 1.82) is 0 Å². The lowest BCUT2D eigenvalue weighted by atomic mass is 10.0. The Morgan fingerprint density at radius 3 is 2.61 bits per heavy atom. The molecule has 2 rings (SSSR count). The molecular weight excluding hydrogens is 286 g/mol. The summed E-state index contributed by atoms with van der Waals surface area (Å²) in [5.41, 5.74) is 3.46. The minimum atomic E-state index is -0.0174. The van der Waals surface area contributed by atoms with Gasteiger partial charge < -0.3 is 9.64 Å². The van der Waals surface area contributed by atoms with E-state index in [1.54, 1.807) is 12.0 Å². The van der Waals surface area contributed by atoms with E-state index in [0.717, 1.165) is 17.7 Å². The Balaban J connectivity index is 2.01. The highest BCUT2D eigenvalue weighted by Crippen LogP contribution is 2.28. The molecule has 0 aliphatic carbocycles. The van der Waals surface area contributed by atoms with Crippen LogP contribution < -0.4 is 4.74 Å². The number of methoxy groups -OCH3 is 1. The molecular formula is C20H25NO2. The number of carbonyl (C=O) groups is 1. The van der Waals surface area contributed by atoms with Crippen molar-refractivity contribution >= 4 is 5.91 Å². The van der Waals surface area contributed by atoms with Gasteiger partial charge in [0.25, 0.3) is 0 Å². The lowest BCUT2D eigenvalue weighted by Gasteiger charge is -2.26. The number of benzene rings is 2.